The lowest BCUT2D eigenvalue weighted by Crippen LogP contribution is -2.44. The van der Waals surface area contributed by atoms with Crippen LogP contribution in [0.2, 0.25) is 0 Å². The lowest BCUT2D eigenvalue weighted by Gasteiger charge is -2.35. The maximum absolute atomic E-state index is 12.6. The number of furan rings is 1. The molecular weight excluding hydrogens is 324 g/mol. The van der Waals surface area contributed by atoms with Crippen molar-refractivity contribution in [2.75, 3.05) is 12.3 Å². The summed E-state index contributed by atoms with van der Waals surface area (Å²) in [6.45, 7) is 4.95. The summed E-state index contributed by atoms with van der Waals surface area (Å²) in [7, 11) is 1.92. The van der Waals surface area contributed by atoms with E-state index in [-0.39, 0.29) is 5.91 Å². The van der Waals surface area contributed by atoms with Gasteiger partial charge in [-0.2, -0.15) is 0 Å². The van der Waals surface area contributed by atoms with E-state index in [0.717, 1.165) is 48.1 Å². The van der Waals surface area contributed by atoms with Crippen LogP contribution < -0.4 is 0 Å². The van der Waals surface area contributed by atoms with Gasteiger partial charge < -0.3 is 13.9 Å². The Hall–Kier alpha value is -1.76. The lowest BCUT2D eigenvalue weighted by molar-refractivity contribution is -0.132. The fourth-order valence-electron chi connectivity index (χ4n) is 3.25. The fraction of sp³-hybridized carbons (Fsp3) is 0.588. The number of rotatable bonds is 5. The summed E-state index contributed by atoms with van der Waals surface area (Å²) in [6, 6.07) is 2.29. The zero-order chi connectivity index (χ0) is 17.1. The molecule has 0 bridgehead atoms. The largest absolute Gasteiger partial charge is 0.469 e. The predicted molar refractivity (Wildman–Crippen MR) is 93.8 cm³/mol. The van der Waals surface area contributed by atoms with Gasteiger partial charge in [0, 0.05) is 19.6 Å². The smallest absolute Gasteiger partial charge is 0.233 e. The van der Waals surface area contributed by atoms with Crippen molar-refractivity contribution < 1.29 is 9.21 Å². The van der Waals surface area contributed by atoms with Gasteiger partial charge in [0.15, 0.2) is 11.0 Å². The van der Waals surface area contributed by atoms with Crippen LogP contribution in [-0.4, -0.2) is 43.9 Å². The molecule has 2 aromatic rings. The van der Waals surface area contributed by atoms with E-state index in [2.05, 4.69) is 17.1 Å². The summed E-state index contributed by atoms with van der Waals surface area (Å²) in [4.78, 5) is 14.6. The monoisotopic (exact) mass is 348 g/mol. The molecule has 0 unspecified atom stereocenters. The Morgan fingerprint density at radius 1 is 1.42 bits per heavy atom. The van der Waals surface area contributed by atoms with Crippen LogP contribution in [0.1, 0.15) is 38.4 Å². The normalized spacial score (nSPS) is 18.1. The molecule has 1 atom stereocenters. The molecule has 0 radical (unpaired) electrons. The molecule has 6 nitrogen and oxygen atoms in total. The second kappa shape index (κ2) is 7.42. The number of thioether (sulfide) groups is 1. The molecule has 130 valence electrons. The van der Waals surface area contributed by atoms with E-state index in [9.17, 15) is 4.79 Å². The van der Waals surface area contributed by atoms with E-state index < -0.39 is 0 Å². The third-order valence-electron chi connectivity index (χ3n) is 4.68. The summed E-state index contributed by atoms with van der Waals surface area (Å²) in [5.41, 5.74) is 0.935. The van der Waals surface area contributed by atoms with Crippen molar-refractivity contribution in [3.63, 3.8) is 0 Å². The molecule has 24 heavy (non-hydrogen) atoms. The van der Waals surface area contributed by atoms with Gasteiger partial charge in [0.1, 0.15) is 5.76 Å². The van der Waals surface area contributed by atoms with Crippen molar-refractivity contribution >= 4 is 17.7 Å². The van der Waals surface area contributed by atoms with E-state index in [4.69, 9.17) is 4.42 Å². The minimum atomic E-state index is 0.204. The van der Waals surface area contributed by atoms with Gasteiger partial charge in [-0.15, -0.1) is 10.2 Å². The van der Waals surface area contributed by atoms with Gasteiger partial charge >= 0.3 is 0 Å². The van der Waals surface area contributed by atoms with Gasteiger partial charge in [-0.05, 0) is 38.7 Å². The molecule has 1 aliphatic heterocycles. The summed E-state index contributed by atoms with van der Waals surface area (Å²) in [5.74, 6) is 2.20. The Balaban J connectivity index is 1.66. The van der Waals surface area contributed by atoms with Gasteiger partial charge in [0.25, 0.3) is 0 Å². The topological polar surface area (TPSA) is 64.2 Å². The standard InChI is InChI=1S/C17H24N4O2S/c1-4-13-7-5-6-9-21(13)15(22)11-24-17-19-18-16(20(17)3)14-8-10-23-12(14)2/h8,10,13H,4-7,9,11H2,1-3H3/t13-/m0/s1. The van der Waals surface area contributed by atoms with E-state index in [1.807, 2.05) is 29.5 Å². The summed E-state index contributed by atoms with van der Waals surface area (Å²) in [5, 5.41) is 9.23. The first-order valence-electron chi connectivity index (χ1n) is 8.48. The van der Waals surface area contributed by atoms with Crippen LogP contribution >= 0.6 is 11.8 Å². The second-order valence-electron chi connectivity index (χ2n) is 6.19. The molecule has 1 saturated heterocycles. The van der Waals surface area contributed by atoms with Crippen molar-refractivity contribution in [1.82, 2.24) is 19.7 Å². The van der Waals surface area contributed by atoms with Crippen LogP contribution in [0.5, 0.6) is 0 Å². The van der Waals surface area contributed by atoms with Crippen LogP contribution in [0, 0.1) is 6.92 Å². The number of aromatic nitrogens is 3. The Kier molecular flexibility index (Phi) is 5.28. The molecular formula is C17H24N4O2S. The van der Waals surface area contributed by atoms with Crippen molar-refractivity contribution in [2.24, 2.45) is 7.05 Å². The van der Waals surface area contributed by atoms with E-state index >= 15 is 0 Å². The summed E-state index contributed by atoms with van der Waals surface area (Å²) in [6.07, 6.45) is 6.15. The van der Waals surface area contributed by atoms with Crippen molar-refractivity contribution in [1.29, 1.82) is 0 Å². The first kappa shape index (κ1) is 17.1. The summed E-state index contributed by atoms with van der Waals surface area (Å²) < 4.78 is 7.26. The van der Waals surface area contributed by atoms with Gasteiger partial charge in [-0.3, -0.25) is 4.79 Å². The molecule has 1 fully saturated rings. The van der Waals surface area contributed by atoms with Crippen molar-refractivity contribution in [2.45, 2.75) is 50.7 Å². The SMILES string of the molecule is CC[C@H]1CCCCN1C(=O)CSc1nnc(-c2ccoc2C)n1C. The number of hydrogen-bond donors (Lipinski definition) is 0. The van der Waals surface area contributed by atoms with Gasteiger partial charge in [-0.1, -0.05) is 18.7 Å². The zero-order valence-corrected chi connectivity index (χ0v) is 15.3. The van der Waals surface area contributed by atoms with Crippen LogP contribution in [0.25, 0.3) is 11.4 Å². The first-order valence-corrected chi connectivity index (χ1v) is 9.46. The maximum atomic E-state index is 12.6. The zero-order valence-electron chi connectivity index (χ0n) is 14.5. The quantitative estimate of drug-likeness (QED) is 0.776. The Morgan fingerprint density at radius 3 is 2.96 bits per heavy atom. The minimum Gasteiger partial charge on any atom is -0.469 e. The highest BCUT2D eigenvalue weighted by Gasteiger charge is 2.25. The molecule has 3 heterocycles. The van der Waals surface area contributed by atoms with Gasteiger partial charge in [-0.25, -0.2) is 0 Å². The van der Waals surface area contributed by atoms with Crippen LogP contribution in [-0.2, 0) is 11.8 Å². The highest BCUT2D eigenvalue weighted by Crippen LogP contribution is 2.27. The van der Waals surface area contributed by atoms with E-state index in [0.29, 0.717) is 11.8 Å². The third-order valence-corrected chi connectivity index (χ3v) is 5.68. The number of hydrogen-bond acceptors (Lipinski definition) is 5. The Bertz CT molecular complexity index is 709. The average molecular weight is 348 g/mol. The number of likely N-dealkylation sites (tertiary alicyclic amines) is 1. The molecule has 0 spiro atoms. The molecule has 0 aliphatic carbocycles. The minimum absolute atomic E-state index is 0.204. The summed E-state index contributed by atoms with van der Waals surface area (Å²) >= 11 is 1.45. The highest BCUT2D eigenvalue weighted by molar-refractivity contribution is 7.99. The lowest BCUT2D eigenvalue weighted by atomic mass is 10.0. The van der Waals surface area contributed by atoms with Crippen molar-refractivity contribution in [3.05, 3.63) is 18.1 Å². The molecule has 2 aromatic heterocycles. The number of carbonyl (C=O) groups excluding carboxylic acids is 1. The number of nitrogens with zero attached hydrogens (tertiary/aromatic N) is 4. The molecule has 0 N–H and O–H groups in total. The molecule has 0 saturated carbocycles. The van der Waals surface area contributed by atoms with Crippen LogP contribution in [0.3, 0.4) is 0 Å². The molecule has 1 amide bonds. The van der Waals surface area contributed by atoms with E-state index in [1.54, 1.807) is 6.26 Å². The number of amides is 1. The van der Waals surface area contributed by atoms with Crippen LogP contribution in [0.4, 0.5) is 0 Å². The third kappa shape index (κ3) is 3.36. The maximum Gasteiger partial charge on any atom is 0.233 e. The first-order chi connectivity index (χ1) is 11.6. The molecule has 7 heteroatoms. The van der Waals surface area contributed by atoms with Crippen molar-refractivity contribution in [3.8, 4) is 11.4 Å². The number of aryl methyl sites for hydroxylation is 1. The molecule has 3 rings (SSSR count). The fourth-order valence-corrected chi connectivity index (χ4v) is 4.05. The molecule has 1 aliphatic rings. The Labute approximate surface area is 146 Å². The van der Waals surface area contributed by atoms with E-state index in [1.165, 1.54) is 18.2 Å². The highest BCUT2D eigenvalue weighted by atomic mass is 32.2. The predicted octanol–water partition coefficient (Wildman–Crippen LogP) is 3.27. The van der Waals surface area contributed by atoms with Crippen LogP contribution in [0.15, 0.2) is 21.9 Å². The second-order valence-corrected chi connectivity index (χ2v) is 7.13. The molecule has 0 aromatic carbocycles. The number of carbonyl (C=O) groups is 1. The van der Waals surface area contributed by atoms with Gasteiger partial charge in [0.2, 0.25) is 5.91 Å². The van der Waals surface area contributed by atoms with Gasteiger partial charge in [0.05, 0.1) is 17.6 Å². The average Bonchev–Trinajstić information content (AvgIpc) is 3.18. The Morgan fingerprint density at radius 2 is 2.25 bits per heavy atom. The number of piperidine rings is 1.